The fraction of sp³-hybridized carbons (Fsp3) is 0.200. The number of hydrogen-bond donors (Lipinski definition) is 0. The quantitative estimate of drug-likeness (QED) is 0.606. The maximum Gasteiger partial charge on any atom is 0.0890 e. The van der Waals surface area contributed by atoms with Crippen molar-refractivity contribution >= 4 is 11.0 Å². The fourth-order valence-corrected chi connectivity index (χ4v) is 1.64. The first-order valence-electron chi connectivity index (χ1n) is 4.24. The molecule has 0 radical (unpaired) electrons. The topological polar surface area (TPSA) is 35.0 Å². The summed E-state index contributed by atoms with van der Waals surface area (Å²) in [6.07, 6.45) is 3.43. The van der Waals surface area contributed by atoms with Crippen LogP contribution in [0.25, 0.3) is 11.0 Å². The molecular weight excluding hydrogens is 164 g/mol. The molecule has 0 saturated carbocycles. The molecule has 0 spiro atoms. The summed E-state index contributed by atoms with van der Waals surface area (Å²) in [5.41, 5.74) is 4.39. The first-order valence-corrected chi connectivity index (χ1v) is 4.24. The van der Waals surface area contributed by atoms with E-state index >= 15 is 0 Å². The molecule has 0 unspecified atom stereocenters. The van der Waals surface area contributed by atoms with Crippen LogP contribution in [0.1, 0.15) is 11.1 Å². The predicted molar refractivity (Wildman–Crippen MR) is 48.0 cm³/mol. The number of rotatable bonds is 0. The first-order chi connectivity index (χ1) is 6.43. The van der Waals surface area contributed by atoms with Crippen LogP contribution in [0, 0.1) is 0 Å². The lowest BCUT2D eigenvalue weighted by Crippen LogP contribution is -1.87. The molecule has 2 heterocycles. The Labute approximate surface area is 75.4 Å². The van der Waals surface area contributed by atoms with Crippen molar-refractivity contribution in [2.45, 2.75) is 13.2 Å². The minimum Gasteiger partial charge on any atom is -0.372 e. The van der Waals surface area contributed by atoms with Gasteiger partial charge in [0.2, 0.25) is 0 Å². The highest BCUT2D eigenvalue weighted by Crippen LogP contribution is 2.23. The van der Waals surface area contributed by atoms with Crippen LogP contribution < -0.4 is 0 Å². The number of fused-ring (bicyclic) bond motifs is 2. The van der Waals surface area contributed by atoms with Gasteiger partial charge in [0.05, 0.1) is 24.2 Å². The average Bonchev–Trinajstić information content (AvgIpc) is 2.61. The molecule has 0 atom stereocenters. The second-order valence-corrected chi connectivity index (χ2v) is 3.16. The molecule has 1 aliphatic heterocycles. The number of aromatic nitrogens is 2. The van der Waals surface area contributed by atoms with E-state index in [-0.39, 0.29) is 0 Å². The van der Waals surface area contributed by atoms with Gasteiger partial charge in [-0.05, 0) is 23.3 Å². The zero-order valence-electron chi connectivity index (χ0n) is 7.03. The summed E-state index contributed by atoms with van der Waals surface area (Å²) in [7, 11) is 0. The van der Waals surface area contributed by atoms with Gasteiger partial charge in [-0.15, -0.1) is 0 Å². The van der Waals surface area contributed by atoms with Gasteiger partial charge >= 0.3 is 0 Å². The van der Waals surface area contributed by atoms with Gasteiger partial charge in [0.25, 0.3) is 0 Å². The van der Waals surface area contributed by atoms with Crippen LogP contribution in [-0.2, 0) is 18.0 Å². The van der Waals surface area contributed by atoms with Crippen LogP contribution in [0.2, 0.25) is 0 Å². The Morgan fingerprint density at radius 3 is 2.00 bits per heavy atom. The van der Waals surface area contributed by atoms with Crippen molar-refractivity contribution in [3.8, 4) is 0 Å². The second kappa shape index (κ2) is 2.50. The molecule has 0 bridgehead atoms. The molecule has 13 heavy (non-hydrogen) atoms. The minimum atomic E-state index is 0.710. The molecule has 1 aliphatic rings. The van der Waals surface area contributed by atoms with E-state index < -0.39 is 0 Å². The van der Waals surface area contributed by atoms with E-state index in [1.165, 1.54) is 11.1 Å². The zero-order chi connectivity index (χ0) is 8.67. The highest BCUT2D eigenvalue weighted by molar-refractivity contribution is 5.76. The SMILES string of the molecule is c1cnc2cc3c(cc2n1)COC3. The van der Waals surface area contributed by atoms with Crippen LogP contribution in [-0.4, -0.2) is 9.97 Å². The van der Waals surface area contributed by atoms with Crippen LogP contribution in [0.5, 0.6) is 0 Å². The smallest absolute Gasteiger partial charge is 0.0890 e. The van der Waals surface area contributed by atoms with E-state index in [1.807, 2.05) is 0 Å². The Balaban J connectivity index is 2.36. The predicted octanol–water partition coefficient (Wildman–Crippen LogP) is 1.66. The van der Waals surface area contributed by atoms with E-state index in [4.69, 9.17) is 4.74 Å². The standard InChI is InChI=1S/C10H8N2O/c1-2-12-10-4-8-6-13-5-7(8)3-9(10)11-1/h1-4H,5-6H2. The van der Waals surface area contributed by atoms with Crippen molar-refractivity contribution in [3.05, 3.63) is 35.7 Å². The lowest BCUT2D eigenvalue weighted by atomic mass is 10.1. The molecule has 64 valence electrons. The third kappa shape index (κ3) is 1.01. The Bertz CT molecular complexity index is 425. The number of ether oxygens (including phenoxy) is 1. The molecule has 1 aromatic carbocycles. The number of hydrogen-bond acceptors (Lipinski definition) is 3. The lowest BCUT2D eigenvalue weighted by Gasteiger charge is -1.98. The van der Waals surface area contributed by atoms with Gasteiger partial charge in [-0.2, -0.15) is 0 Å². The monoisotopic (exact) mass is 172 g/mol. The normalized spacial score (nSPS) is 14.8. The molecule has 1 aromatic heterocycles. The van der Waals surface area contributed by atoms with Gasteiger partial charge in [-0.3, -0.25) is 9.97 Å². The minimum absolute atomic E-state index is 0.710. The third-order valence-corrected chi connectivity index (χ3v) is 2.31. The molecule has 0 aliphatic carbocycles. The maximum absolute atomic E-state index is 5.33. The van der Waals surface area contributed by atoms with Crippen LogP contribution in [0.4, 0.5) is 0 Å². The van der Waals surface area contributed by atoms with Gasteiger partial charge in [-0.1, -0.05) is 0 Å². The molecule has 3 rings (SSSR count). The molecule has 3 heteroatoms. The molecular formula is C10H8N2O. The van der Waals surface area contributed by atoms with Crippen LogP contribution in [0.15, 0.2) is 24.5 Å². The summed E-state index contributed by atoms with van der Waals surface area (Å²) in [6.45, 7) is 1.42. The van der Waals surface area contributed by atoms with Gasteiger partial charge in [0.15, 0.2) is 0 Å². The van der Waals surface area contributed by atoms with Gasteiger partial charge in [0.1, 0.15) is 0 Å². The van der Waals surface area contributed by atoms with Gasteiger partial charge < -0.3 is 4.74 Å². The Morgan fingerprint density at radius 1 is 0.923 bits per heavy atom. The Kier molecular flexibility index (Phi) is 1.34. The average molecular weight is 172 g/mol. The van der Waals surface area contributed by atoms with Crippen molar-refractivity contribution < 1.29 is 4.74 Å². The summed E-state index contributed by atoms with van der Waals surface area (Å²) in [5, 5.41) is 0. The largest absolute Gasteiger partial charge is 0.372 e. The molecule has 0 amide bonds. The summed E-state index contributed by atoms with van der Waals surface area (Å²) < 4.78 is 5.33. The van der Waals surface area contributed by atoms with E-state index in [9.17, 15) is 0 Å². The first kappa shape index (κ1) is 6.97. The van der Waals surface area contributed by atoms with Crippen molar-refractivity contribution in [2.24, 2.45) is 0 Å². The Hall–Kier alpha value is -1.48. The van der Waals surface area contributed by atoms with Gasteiger partial charge in [0, 0.05) is 12.4 Å². The zero-order valence-corrected chi connectivity index (χ0v) is 7.03. The van der Waals surface area contributed by atoms with Crippen molar-refractivity contribution in [1.82, 2.24) is 9.97 Å². The molecule has 0 fully saturated rings. The van der Waals surface area contributed by atoms with E-state index in [0.717, 1.165) is 11.0 Å². The molecule has 0 saturated heterocycles. The van der Waals surface area contributed by atoms with E-state index in [0.29, 0.717) is 13.2 Å². The van der Waals surface area contributed by atoms with Crippen molar-refractivity contribution in [3.63, 3.8) is 0 Å². The summed E-state index contributed by atoms with van der Waals surface area (Å²) in [5.74, 6) is 0. The maximum atomic E-state index is 5.33. The lowest BCUT2D eigenvalue weighted by molar-refractivity contribution is 0.134. The van der Waals surface area contributed by atoms with E-state index in [1.54, 1.807) is 12.4 Å². The highest BCUT2D eigenvalue weighted by atomic mass is 16.5. The second-order valence-electron chi connectivity index (χ2n) is 3.16. The molecule has 2 aromatic rings. The van der Waals surface area contributed by atoms with Crippen LogP contribution in [0.3, 0.4) is 0 Å². The summed E-state index contributed by atoms with van der Waals surface area (Å²) in [4.78, 5) is 8.48. The summed E-state index contributed by atoms with van der Waals surface area (Å²) in [6, 6.07) is 4.12. The van der Waals surface area contributed by atoms with E-state index in [2.05, 4.69) is 22.1 Å². The van der Waals surface area contributed by atoms with Crippen LogP contribution >= 0.6 is 0 Å². The van der Waals surface area contributed by atoms with Crippen molar-refractivity contribution in [1.29, 1.82) is 0 Å². The number of benzene rings is 1. The van der Waals surface area contributed by atoms with Crippen molar-refractivity contribution in [2.75, 3.05) is 0 Å². The summed E-state index contributed by atoms with van der Waals surface area (Å²) >= 11 is 0. The fourth-order valence-electron chi connectivity index (χ4n) is 1.64. The molecule has 3 nitrogen and oxygen atoms in total. The number of nitrogens with zero attached hydrogens (tertiary/aromatic N) is 2. The molecule has 0 N–H and O–H groups in total. The van der Waals surface area contributed by atoms with Gasteiger partial charge in [-0.25, -0.2) is 0 Å². The Morgan fingerprint density at radius 2 is 1.46 bits per heavy atom. The highest BCUT2D eigenvalue weighted by Gasteiger charge is 2.12. The third-order valence-electron chi connectivity index (χ3n) is 2.31.